The van der Waals surface area contributed by atoms with Crippen LogP contribution in [0.15, 0.2) is 69.2 Å². The van der Waals surface area contributed by atoms with E-state index in [2.05, 4.69) is 6.07 Å². The van der Waals surface area contributed by atoms with Crippen LogP contribution in [-0.4, -0.2) is 7.11 Å². The van der Waals surface area contributed by atoms with Crippen LogP contribution in [0.4, 0.5) is 0 Å². The van der Waals surface area contributed by atoms with Crippen LogP contribution in [0.1, 0.15) is 17.0 Å². The Morgan fingerprint density at radius 3 is 2.77 bits per heavy atom. The number of rotatable bonds is 2. The Bertz CT molecular complexity index is 1150. The molecule has 2 N–H and O–H groups in total. The molecule has 1 aromatic heterocycles. The van der Waals surface area contributed by atoms with Gasteiger partial charge < -0.3 is 19.6 Å². The number of para-hydroxylation sites is 1. The van der Waals surface area contributed by atoms with Crippen LogP contribution >= 0.6 is 0 Å². The van der Waals surface area contributed by atoms with Crippen LogP contribution < -0.4 is 20.8 Å². The molecule has 0 fully saturated rings. The summed E-state index contributed by atoms with van der Waals surface area (Å²) in [5.41, 5.74) is 6.95. The third-order valence-corrected chi connectivity index (χ3v) is 4.40. The summed E-state index contributed by atoms with van der Waals surface area (Å²) in [4.78, 5) is 12.7. The number of ether oxygens (including phenoxy) is 2. The van der Waals surface area contributed by atoms with Gasteiger partial charge in [-0.3, -0.25) is 0 Å². The quantitative estimate of drug-likeness (QED) is 0.716. The molecule has 6 heteroatoms. The Kier molecular flexibility index (Phi) is 3.63. The Morgan fingerprint density at radius 1 is 1.19 bits per heavy atom. The lowest BCUT2D eigenvalue weighted by molar-refractivity contribution is 0.387. The zero-order chi connectivity index (χ0) is 18.3. The minimum Gasteiger partial charge on any atom is -0.497 e. The van der Waals surface area contributed by atoms with Crippen molar-refractivity contribution >= 4 is 11.0 Å². The molecule has 26 heavy (non-hydrogen) atoms. The molecule has 128 valence electrons. The third kappa shape index (κ3) is 2.30. The topological polar surface area (TPSA) is 98.5 Å². The Hall–Kier alpha value is -3.72. The van der Waals surface area contributed by atoms with Crippen molar-refractivity contribution in [1.82, 2.24) is 0 Å². The molecule has 4 rings (SSSR count). The summed E-state index contributed by atoms with van der Waals surface area (Å²) in [6.45, 7) is 0. The summed E-state index contributed by atoms with van der Waals surface area (Å²) in [6.07, 6.45) is 0. The van der Waals surface area contributed by atoms with Gasteiger partial charge in [-0.25, -0.2) is 4.79 Å². The van der Waals surface area contributed by atoms with E-state index in [1.807, 2.05) is 12.1 Å². The molecular weight excluding hydrogens is 332 g/mol. The lowest BCUT2D eigenvalue weighted by Gasteiger charge is -2.26. The number of fused-ring (bicyclic) bond motifs is 3. The second kappa shape index (κ2) is 5.97. The number of allylic oxidation sites excluding steroid dienone is 1. The average Bonchev–Trinajstić information content (AvgIpc) is 2.67. The van der Waals surface area contributed by atoms with Crippen molar-refractivity contribution in [2.24, 2.45) is 5.73 Å². The molecule has 0 radical (unpaired) electrons. The summed E-state index contributed by atoms with van der Waals surface area (Å²) in [5, 5.41) is 10.2. The van der Waals surface area contributed by atoms with Crippen LogP contribution in [0, 0.1) is 11.3 Å². The first-order valence-electron chi connectivity index (χ1n) is 7.91. The molecule has 1 aliphatic rings. The molecule has 3 aromatic rings. The molecule has 2 aromatic carbocycles. The smallest absolute Gasteiger partial charge is 0.344 e. The van der Waals surface area contributed by atoms with Gasteiger partial charge in [0, 0.05) is 0 Å². The van der Waals surface area contributed by atoms with Gasteiger partial charge in [0.05, 0.1) is 24.0 Å². The van der Waals surface area contributed by atoms with Crippen molar-refractivity contribution in [3.05, 3.63) is 81.5 Å². The third-order valence-electron chi connectivity index (χ3n) is 4.40. The summed E-state index contributed by atoms with van der Waals surface area (Å²) < 4.78 is 16.4. The predicted octanol–water partition coefficient (Wildman–Crippen LogP) is 3.02. The molecule has 2 heterocycles. The maximum absolute atomic E-state index is 12.7. The molecule has 0 amide bonds. The summed E-state index contributed by atoms with van der Waals surface area (Å²) in [7, 11) is 1.55. The molecule has 0 spiro atoms. The lowest BCUT2D eigenvalue weighted by atomic mass is 9.84. The fourth-order valence-corrected chi connectivity index (χ4v) is 3.22. The number of nitrogens with zero attached hydrogens (tertiary/aromatic N) is 1. The van der Waals surface area contributed by atoms with E-state index in [-0.39, 0.29) is 17.0 Å². The van der Waals surface area contributed by atoms with Crippen LogP contribution in [0.2, 0.25) is 0 Å². The Labute approximate surface area is 148 Å². The zero-order valence-corrected chi connectivity index (χ0v) is 13.9. The van der Waals surface area contributed by atoms with Gasteiger partial charge in [-0.05, 0) is 29.8 Å². The van der Waals surface area contributed by atoms with Gasteiger partial charge >= 0.3 is 5.63 Å². The average molecular weight is 346 g/mol. The van der Waals surface area contributed by atoms with Gasteiger partial charge in [-0.2, -0.15) is 5.26 Å². The van der Waals surface area contributed by atoms with E-state index in [1.54, 1.807) is 43.5 Å². The van der Waals surface area contributed by atoms with E-state index < -0.39 is 11.5 Å². The summed E-state index contributed by atoms with van der Waals surface area (Å²) in [5.74, 6) is 0.209. The second-order valence-electron chi connectivity index (χ2n) is 5.83. The standard InChI is InChI=1S/C20H14N2O4/c1-24-12-6-4-5-11(9-12)16-14(10-21)19(22)26-18-13-7-2-3-8-15(13)25-20(23)17(16)18/h2-9,16H,22H2,1H3. The van der Waals surface area contributed by atoms with Gasteiger partial charge in [-0.15, -0.1) is 0 Å². The lowest BCUT2D eigenvalue weighted by Crippen LogP contribution is -2.26. The Balaban J connectivity index is 2.07. The Morgan fingerprint density at radius 2 is 2.00 bits per heavy atom. The van der Waals surface area contributed by atoms with Crippen LogP contribution in [-0.2, 0) is 0 Å². The number of benzene rings is 2. The van der Waals surface area contributed by atoms with E-state index in [4.69, 9.17) is 19.6 Å². The van der Waals surface area contributed by atoms with Crippen LogP contribution in [0.3, 0.4) is 0 Å². The monoisotopic (exact) mass is 346 g/mol. The largest absolute Gasteiger partial charge is 0.497 e. The number of hydrogen-bond donors (Lipinski definition) is 1. The minimum atomic E-state index is -0.695. The highest BCUT2D eigenvalue weighted by molar-refractivity contribution is 5.86. The van der Waals surface area contributed by atoms with Gasteiger partial charge in [0.2, 0.25) is 5.88 Å². The molecule has 0 bridgehead atoms. The van der Waals surface area contributed by atoms with Crippen LogP contribution in [0.5, 0.6) is 11.5 Å². The fourth-order valence-electron chi connectivity index (χ4n) is 3.22. The normalized spacial score (nSPS) is 15.9. The van der Waals surface area contributed by atoms with Crippen LogP contribution in [0.25, 0.3) is 11.0 Å². The highest BCUT2D eigenvalue weighted by Gasteiger charge is 2.35. The van der Waals surface area contributed by atoms with E-state index >= 15 is 0 Å². The maximum Gasteiger partial charge on any atom is 0.344 e. The molecule has 0 aliphatic carbocycles. The first kappa shape index (κ1) is 15.8. The molecule has 6 nitrogen and oxygen atoms in total. The molecular formula is C20H14N2O4. The first-order chi connectivity index (χ1) is 12.6. The van der Waals surface area contributed by atoms with Gasteiger partial charge in [0.25, 0.3) is 0 Å². The van der Waals surface area contributed by atoms with Crippen molar-refractivity contribution in [1.29, 1.82) is 5.26 Å². The number of nitrogens with two attached hydrogens (primary N) is 1. The van der Waals surface area contributed by atoms with E-state index in [0.29, 0.717) is 28.0 Å². The summed E-state index contributed by atoms with van der Waals surface area (Å²) in [6, 6.07) is 16.2. The maximum atomic E-state index is 12.7. The molecule has 0 saturated heterocycles. The zero-order valence-electron chi connectivity index (χ0n) is 13.9. The highest BCUT2D eigenvalue weighted by atomic mass is 16.5. The summed E-state index contributed by atoms with van der Waals surface area (Å²) >= 11 is 0. The van der Waals surface area contributed by atoms with Crippen molar-refractivity contribution in [3.8, 4) is 17.6 Å². The van der Waals surface area contributed by atoms with Crippen molar-refractivity contribution < 1.29 is 13.9 Å². The van der Waals surface area contributed by atoms with E-state index in [1.165, 1.54) is 0 Å². The van der Waals surface area contributed by atoms with E-state index in [0.717, 1.165) is 0 Å². The van der Waals surface area contributed by atoms with Gasteiger partial charge in [0.1, 0.15) is 23.0 Å². The molecule has 0 saturated carbocycles. The fraction of sp³-hybridized carbons (Fsp3) is 0.100. The van der Waals surface area contributed by atoms with Crippen molar-refractivity contribution in [2.45, 2.75) is 5.92 Å². The van der Waals surface area contributed by atoms with Crippen molar-refractivity contribution in [2.75, 3.05) is 7.11 Å². The number of methoxy groups -OCH3 is 1. The number of hydrogen-bond acceptors (Lipinski definition) is 6. The minimum absolute atomic E-state index is 0.0245. The SMILES string of the molecule is COc1cccc(C2C(C#N)=C(N)Oc3c2c(=O)oc2ccccc32)c1. The van der Waals surface area contributed by atoms with Crippen molar-refractivity contribution in [3.63, 3.8) is 0 Å². The first-order valence-corrected chi connectivity index (χ1v) is 7.91. The molecule has 1 unspecified atom stereocenters. The van der Waals surface area contributed by atoms with E-state index in [9.17, 15) is 10.1 Å². The molecule has 1 aliphatic heterocycles. The van der Waals surface area contributed by atoms with Gasteiger partial charge in [0.15, 0.2) is 5.75 Å². The highest BCUT2D eigenvalue weighted by Crippen LogP contribution is 2.43. The number of nitriles is 1. The second-order valence-corrected chi connectivity index (χ2v) is 5.83. The molecule has 1 atom stereocenters. The predicted molar refractivity (Wildman–Crippen MR) is 94.8 cm³/mol. The van der Waals surface area contributed by atoms with Gasteiger partial charge in [-0.1, -0.05) is 24.3 Å².